The summed E-state index contributed by atoms with van der Waals surface area (Å²) in [5.41, 5.74) is 4.24. The number of rotatable bonds is 4. The van der Waals surface area contributed by atoms with Gasteiger partial charge in [0.05, 0.1) is 11.8 Å². The highest BCUT2D eigenvalue weighted by Crippen LogP contribution is 2.38. The minimum absolute atomic E-state index is 0.227. The molecule has 3 heteroatoms. The Balaban J connectivity index is 1.94. The zero-order valence-electron chi connectivity index (χ0n) is 14.3. The maximum Gasteiger partial charge on any atom is 0.143 e. The molecule has 2 heterocycles. The number of nitrogens with zero attached hydrogens (tertiary/aromatic N) is 1. The van der Waals surface area contributed by atoms with Crippen molar-refractivity contribution in [3.63, 3.8) is 0 Å². The largest absolute Gasteiger partial charge is 0.489 e. The molecule has 0 aliphatic carbocycles. The summed E-state index contributed by atoms with van der Waals surface area (Å²) < 4.78 is 6.19. The van der Waals surface area contributed by atoms with Gasteiger partial charge in [0.25, 0.3) is 0 Å². The van der Waals surface area contributed by atoms with Crippen LogP contribution in [0.15, 0.2) is 12.1 Å². The molecule has 0 atom stereocenters. The van der Waals surface area contributed by atoms with Crippen LogP contribution in [0.2, 0.25) is 0 Å². The lowest BCUT2D eigenvalue weighted by molar-refractivity contribution is 0.242. The third-order valence-electron chi connectivity index (χ3n) is 4.94. The van der Waals surface area contributed by atoms with Crippen molar-refractivity contribution in [3.05, 3.63) is 23.3 Å². The fraction of sp³-hybridized carbons (Fsp3) is 0.684. The van der Waals surface area contributed by atoms with E-state index < -0.39 is 0 Å². The van der Waals surface area contributed by atoms with Gasteiger partial charge in [-0.1, -0.05) is 0 Å². The average molecular weight is 302 g/mol. The lowest BCUT2D eigenvalue weighted by Gasteiger charge is -2.28. The minimum Gasteiger partial charge on any atom is -0.489 e. The molecule has 3 rings (SSSR count). The first kappa shape index (κ1) is 15.7. The zero-order chi connectivity index (χ0) is 15.5. The quantitative estimate of drug-likeness (QED) is 0.914. The number of benzene rings is 1. The molecule has 2 fully saturated rings. The third kappa shape index (κ3) is 3.40. The van der Waals surface area contributed by atoms with Gasteiger partial charge in [0.2, 0.25) is 0 Å². The van der Waals surface area contributed by atoms with E-state index in [4.69, 9.17) is 4.74 Å². The molecule has 2 saturated heterocycles. The fourth-order valence-electron chi connectivity index (χ4n) is 3.81. The Morgan fingerprint density at radius 3 is 2.45 bits per heavy atom. The number of hydrogen-bond acceptors (Lipinski definition) is 3. The van der Waals surface area contributed by atoms with Gasteiger partial charge in [-0.05, 0) is 88.7 Å². The molecular formula is C19H30N2O. The number of anilines is 1. The van der Waals surface area contributed by atoms with Crippen LogP contribution in [-0.2, 0) is 0 Å². The van der Waals surface area contributed by atoms with E-state index in [-0.39, 0.29) is 6.10 Å². The Morgan fingerprint density at radius 2 is 1.82 bits per heavy atom. The molecule has 1 N–H and O–H groups in total. The maximum absolute atomic E-state index is 6.19. The van der Waals surface area contributed by atoms with Crippen LogP contribution in [0.5, 0.6) is 5.75 Å². The van der Waals surface area contributed by atoms with E-state index in [9.17, 15) is 0 Å². The molecule has 0 saturated carbocycles. The van der Waals surface area contributed by atoms with Gasteiger partial charge in [-0.25, -0.2) is 0 Å². The Morgan fingerprint density at radius 1 is 1.14 bits per heavy atom. The lowest BCUT2D eigenvalue weighted by Crippen LogP contribution is -2.27. The highest BCUT2D eigenvalue weighted by atomic mass is 16.5. The minimum atomic E-state index is 0.227. The van der Waals surface area contributed by atoms with E-state index in [1.807, 2.05) is 0 Å². The Hall–Kier alpha value is -1.22. The molecule has 0 amide bonds. The number of aryl methyl sites for hydroxylation is 1. The number of nitrogens with one attached hydrogen (secondary N) is 1. The van der Waals surface area contributed by atoms with Crippen LogP contribution >= 0.6 is 0 Å². The van der Waals surface area contributed by atoms with Gasteiger partial charge >= 0.3 is 0 Å². The van der Waals surface area contributed by atoms with Crippen LogP contribution in [-0.4, -0.2) is 32.3 Å². The molecule has 3 nitrogen and oxygen atoms in total. The van der Waals surface area contributed by atoms with Crippen LogP contribution in [0, 0.1) is 6.92 Å². The zero-order valence-corrected chi connectivity index (χ0v) is 14.3. The molecule has 1 aromatic rings. The predicted octanol–water partition coefficient (Wildman–Crippen LogP) is 3.85. The molecular weight excluding hydrogens is 272 g/mol. The number of hydrogen-bond donors (Lipinski definition) is 1. The van der Waals surface area contributed by atoms with Crippen LogP contribution in [0.1, 0.15) is 56.6 Å². The summed E-state index contributed by atoms with van der Waals surface area (Å²) in [6.45, 7) is 11.1. The SMILES string of the molecule is Cc1cc(N2CCCC2)c(OC(C)C)cc1C1CCNCC1. The first-order chi connectivity index (χ1) is 10.6. The molecule has 0 bridgehead atoms. The summed E-state index contributed by atoms with van der Waals surface area (Å²) in [7, 11) is 0. The van der Waals surface area contributed by atoms with Gasteiger partial charge in [-0.15, -0.1) is 0 Å². The second-order valence-corrected chi connectivity index (χ2v) is 7.06. The summed E-state index contributed by atoms with van der Waals surface area (Å²) >= 11 is 0. The second kappa shape index (κ2) is 6.91. The summed E-state index contributed by atoms with van der Waals surface area (Å²) in [4.78, 5) is 2.50. The van der Waals surface area contributed by atoms with Crippen molar-refractivity contribution in [1.29, 1.82) is 0 Å². The highest BCUT2D eigenvalue weighted by molar-refractivity contribution is 5.63. The van der Waals surface area contributed by atoms with Crippen LogP contribution in [0.3, 0.4) is 0 Å². The molecule has 0 unspecified atom stereocenters. The van der Waals surface area contributed by atoms with Crippen LogP contribution < -0.4 is 15.0 Å². The number of ether oxygens (including phenoxy) is 1. The molecule has 0 spiro atoms. The van der Waals surface area contributed by atoms with E-state index >= 15 is 0 Å². The van der Waals surface area contributed by atoms with Crippen molar-refractivity contribution in [2.75, 3.05) is 31.1 Å². The Bertz CT molecular complexity index is 500. The molecule has 2 aliphatic heterocycles. The van der Waals surface area contributed by atoms with Gasteiger partial charge in [0.1, 0.15) is 5.75 Å². The average Bonchev–Trinajstić information content (AvgIpc) is 3.03. The van der Waals surface area contributed by atoms with Crippen LogP contribution in [0.25, 0.3) is 0 Å². The van der Waals surface area contributed by atoms with Crippen LogP contribution in [0.4, 0.5) is 5.69 Å². The van der Waals surface area contributed by atoms with Crippen molar-refractivity contribution in [1.82, 2.24) is 5.32 Å². The van der Waals surface area contributed by atoms with Gasteiger partial charge in [-0.2, -0.15) is 0 Å². The summed E-state index contributed by atoms with van der Waals surface area (Å²) in [5.74, 6) is 1.78. The lowest BCUT2D eigenvalue weighted by atomic mass is 9.87. The van der Waals surface area contributed by atoms with Crippen molar-refractivity contribution in [2.45, 2.75) is 58.5 Å². The highest BCUT2D eigenvalue weighted by Gasteiger charge is 2.23. The second-order valence-electron chi connectivity index (χ2n) is 7.06. The first-order valence-electron chi connectivity index (χ1n) is 8.92. The predicted molar refractivity (Wildman–Crippen MR) is 93.2 cm³/mol. The van der Waals surface area contributed by atoms with Crippen molar-refractivity contribution in [2.24, 2.45) is 0 Å². The smallest absolute Gasteiger partial charge is 0.143 e. The topological polar surface area (TPSA) is 24.5 Å². The Labute approximate surface area is 135 Å². The standard InChI is InChI=1S/C19H30N2O/c1-14(2)22-19-13-17(16-6-8-20-9-7-16)15(3)12-18(19)21-10-4-5-11-21/h12-14,16,20H,4-11H2,1-3H3. The van der Waals surface area contributed by atoms with Crippen molar-refractivity contribution in [3.8, 4) is 5.75 Å². The molecule has 0 aromatic heterocycles. The maximum atomic E-state index is 6.19. The molecule has 22 heavy (non-hydrogen) atoms. The molecule has 122 valence electrons. The fourth-order valence-corrected chi connectivity index (χ4v) is 3.81. The van der Waals surface area contributed by atoms with E-state index in [0.29, 0.717) is 5.92 Å². The first-order valence-corrected chi connectivity index (χ1v) is 8.92. The third-order valence-corrected chi connectivity index (χ3v) is 4.94. The summed E-state index contributed by atoms with van der Waals surface area (Å²) in [6, 6.07) is 4.72. The molecule has 0 radical (unpaired) electrons. The number of piperidine rings is 1. The van der Waals surface area contributed by atoms with E-state index in [2.05, 4.69) is 43.1 Å². The van der Waals surface area contributed by atoms with E-state index in [1.54, 1.807) is 0 Å². The monoisotopic (exact) mass is 302 g/mol. The molecule has 1 aromatic carbocycles. The Kier molecular flexibility index (Phi) is 4.92. The van der Waals surface area contributed by atoms with Crippen molar-refractivity contribution < 1.29 is 4.74 Å². The van der Waals surface area contributed by atoms with E-state index in [1.165, 1.54) is 55.6 Å². The van der Waals surface area contributed by atoms with Gasteiger partial charge < -0.3 is 15.0 Å². The van der Waals surface area contributed by atoms with Gasteiger partial charge in [-0.3, -0.25) is 0 Å². The summed E-state index contributed by atoms with van der Waals surface area (Å²) in [6.07, 6.45) is 5.31. The van der Waals surface area contributed by atoms with E-state index in [0.717, 1.165) is 18.8 Å². The summed E-state index contributed by atoms with van der Waals surface area (Å²) in [5, 5.41) is 3.47. The normalized spacial score (nSPS) is 19.9. The van der Waals surface area contributed by atoms with Crippen molar-refractivity contribution >= 4 is 5.69 Å². The van der Waals surface area contributed by atoms with Gasteiger partial charge in [0, 0.05) is 13.1 Å². The van der Waals surface area contributed by atoms with Gasteiger partial charge in [0.15, 0.2) is 0 Å². The molecule has 2 aliphatic rings.